The molecule has 3 aromatic carbocycles. The number of hydrogen-bond acceptors (Lipinski definition) is 10. The minimum absolute atomic E-state index is 0.0156. The van der Waals surface area contributed by atoms with Crippen LogP contribution in [-0.2, 0) is 11.2 Å². The Bertz CT molecular complexity index is 2310. The lowest BCUT2D eigenvalue weighted by Crippen LogP contribution is -2.57. The number of aromatic nitrogens is 3. The summed E-state index contributed by atoms with van der Waals surface area (Å²) in [5, 5.41) is 4.90. The van der Waals surface area contributed by atoms with Crippen LogP contribution < -0.4 is 19.7 Å². The summed E-state index contributed by atoms with van der Waals surface area (Å²) in [6.07, 6.45) is 4.71. The number of nitrogens with one attached hydrogen (secondary N) is 1. The van der Waals surface area contributed by atoms with Crippen LogP contribution in [0.1, 0.15) is 61.4 Å². The highest BCUT2D eigenvalue weighted by Gasteiger charge is 2.49. The maximum atomic E-state index is 17.5. The minimum atomic E-state index is -0.938. The molecule has 0 saturated carbocycles. The summed E-state index contributed by atoms with van der Waals surface area (Å²) >= 11 is 0. The summed E-state index contributed by atoms with van der Waals surface area (Å²) in [6.45, 7) is 4.45. The van der Waals surface area contributed by atoms with E-state index < -0.39 is 35.1 Å². The number of alkyl carbamates (subject to hydrolysis) is 1. The lowest BCUT2D eigenvalue weighted by molar-refractivity contribution is 0.0735. The number of piperidine rings is 1. The van der Waals surface area contributed by atoms with E-state index in [1.807, 2.05) is 36.1 Å². The molecule has 1 N–H and O–H groups in total. The lowest BCUT2D eigenvalue weighted by Gasteiger charge is -2.41. The molecule has 3 atom stereocenters. The summed E-state index contributed by atoms with van der Waals surface area (Å²) in [4.78, 5) is 44.8. The zero-order valence-electron chi connectivity index (χ0n) is 30.7. The van der Waals surface area contributed by atoms with E-state index in [0.717, 1.165) is 36.8 Å². The minimum Gasteiger partial charge on any atom is -0.461 e. The van der Waals surface area contributed by atoms with E-state index in [4.69, 9.17) is 24.2 Å². The van der Waals surface area contributed by atoms with Gasteiger partial charge in [0, 0.05) is 37.8 Å². The smallest absolute Gasteiger partial charge is 0.407 e. The third-order valence-electron chi connectivity index (χ3n) is 11.6. The molecule has 6 bridgehead atoms. The molecule has 0 unspecified atom stereocenters. The van der Waals surface area contributed by atoms with Crippen molar-refractivity contribution in [3.05, 3.63) is 83.8 Å². The predicted octanol–water partition coefficient (Wildman–Crippen LogP) is 7.19. The zero-order chi connectivity index (χ0) is 37.7. The molecule has 7 heterocycles. The number of halogens is 2. The second kappa shape index (κ2) is 14.0. The summed E-state index contributed by atoms with van der Waals surface area (Å²) in [5.41, 5.74) is 0.587. The van der Waals surface area contributed by atoms with Gasteiger partial charge in [0.05, 0.1) is 28.6 Å². The number of fused-ring (bicyclic) bond motifs is 7. The average Bonchev–Trinajstić information content (AvgIpc) is 3.71. The summed E-state index contributed by atoms with van der Waals surface area (Å²) in [5.74, 6) is -0.581. The number of benzene rings is 3. The second-order valence-corrected chi connectivity index (χ2v) is 15.6. The molecule has 3 fully saturated rings. The Kier molecular flexibility index (Phi) is 8.99. The molecular formula is C42H42F2N6O5. The number of aryl methyl sites for hydroxylation is 1. The molecule has 55 heavy (non-hydrogen) atoms. The van der Waals surface area contributed by atoms with Crippen LogP contribution in [0, 0.1) is 5.82 Å². The number of alkyl halides is 1. The van der Waals surface area contributed by atoms with Gasteiger partial charge in [0.15, 0.2) is 5.82 Å². The molecule has 3 saturated heterocycles. The van der Waals surface area contributed by atoms with Crippen molar-refractivity contribution >= 4 is 39.6 Å². The van der Waals surface area contributed by atoms with Crippen molar-refractivity contribution in [1.29, 1.82) is 0 Å². The Labute approximate surface area is 317 Å². The van der Waals surface area contributed by atoms with E-state index in [2.05, 4.69) is 15.2 Å². The van der Waals surface area contributed by atoms with Gasteiger partial charge in [-0.15, -0.1) is 0 Å². The molecule has 0 aliphatic carbocycles. The third-order valence-corrected chi connectivity index (χ3v) is 11.6. The molecule has 5 aliphatic heterocycles. The number of anilines is 1. The molecule has 5 aromatic rings. The van der Waals surface area contributed by atoms with Crippen LogP contribution in [0.4, 0.5) is 19.4 Å². The van der Waals surface area contributed by atoms with Crippen molar-refractivity contribution in [3.8, 4) is 23.0 Å². The number of rotatable bonds is 5. The second-order valence-electron chi connectivity index (χ2n) is 15.6. The van der Waals surface area contributed by atoms with E-state index in [-0.39, 0.29) is 36.2 Å². The Morgan fingerprint density at radius 2 is 1.91 bits per heavy atom. The molecule has 2 aromatic heterocycles. The fourth-order valence-electron chi connectivity index (χ4n) is 9.07. The van der Waals surface area contributed by atoms with Gasteiger partial charge in [0.25, 0.3) is 0 Å². The fraction of sp³-hybridized carbons (Fsp3) is 0.405. The van der Waals surface area contributed by atoms with Gasteiger partial charge < -0.3 is 24.4 Å². The van der Waals surface area contributed by atoms with Gasteiger partial charge in [-0.25, -0.2) is 18.4 Å². The first-order valence-electron chi connectivity index (χ1n) is 19.1. The lowest BCUT2D eigenvalue weighted by atomic mass is 9.91. The highest BCUT2D eigenvalue weighted by molar-refractivity contribution is 6.02. The fourth-order valence-corrected chi connectivity index (χ4v) is 9.07. The third kappa shape index (κ3) is 6.68. The molecular weight excluding hydrogens is 706 g/mol. The van der Waals surface area contributed by atoms with Gasteiger partial charge >= 0.3 is 18.1 Å². The number of ether oxygens (including phenoxy) is 3. The van der Waals surface area contributed by atoms with Gasteiger partial charge in [-0.05, 0) is 92.6 Å². The molecule has 0 radical (unpaired) electrons. The van der Waals surface area contributed by atoms with Crippen molar-refractivity contribution in [3.63, 3.8) is 0 Å². The van der Waals surface area contributed by atoms with Gasteiger partial charge in [-0.1, -0.05) is 36.4 Å². The van der Waals surface area contributed by atoms with Crippen LogP contribution in [0.3, 0.4) is 0 Å². The molecule has 5 aliphatic rings. The maximum Gasteiger partial charge on any atom is 0.407 e. The number of esters is 1. The largest absolute Gasteiger partial charge is 0.461 e. The van der Waals surface area contributed by atoms with Crippen LogP contribution >= 0.6 is 0 Å². The summed E-state index contributed by atoms with van der Waals surface area (Å²) in [6, 6.07) is 17.8. The van der Waals surface area contributed by atoms with E-state index >= 15 is 4.39 Å². The van der Waals surface area contributed by atoms with Crippen LogP contribution in [0.25, 0.3) is 32.9 Å². The Balaban J connectivity index is 1.21. The maximum absolute atomic E-state index is 17.5. The Hall–Kier alpha value is -5.43. The molecule has 284 valence electrons. The van der Waals surface area contributed by atoms with Crippen LogP contribution in [0.5, 0.6) is 11.8 Å². The van der Waals surface area contributed by atoms with Crippen molar-refractivity contribution in [1.82, 2.24) is 25.2 Å². The first kappa shape index (κ1) is 35.3. The molecule has 0 spiro atoms. The Morgan fingerprint density at radius 1 is 1.05 bits per heavy atom. The SMILES string of the molecule is C[C@@]12CCCN(C1)c1nc(OC[C@@]34CCCN3C[C@H](F)C4)nc3c(F)c(ncc13)-c1cc(OC(=O)c3ccccc3)cc3cccc(c13)CCCOC(=O)N2. The number of amides is 1. The normalized spacial score (nSPS) is 24.1. The van der Waals surface area contributed by atoms with Crippen LogP contribution in [-0.4, -0.2) is 88.6 Å². The van der Waals surface area contributed by atoms with Crippen LogP contribution in [0.2, 0.25) is 0 Å². The van der Waals surface area contributed by atoms with E-state index in [0.29, 0.717) is 73.0 Å². The number of pyridine rings is 1. The number of carbonyl (C=O) groups is 2. The molecule has 10 rings (SSSR count). The molecule has 13 heteroatoms. The van der Waals surface area contributed by atoms with Crippen molar-refractivity contribution in [2.45, 2.75) is 69.1 Å². The van der Waals surface area contributed by atoms with Crippen molar-refractivity contribution in [2.75, 3.05) is 44.3 Å². The average molecular weight is 749 g/mol. The van der Waals surface area contributed by atoms with Gasteiger partial charge in [-0.2, -0.15) is 9.97 Å². The zero-order valence-corrected chi connectivity index (χ0v) is 30.7. The predicted molar refractivity (Wildman–Crippen MR) is 203 cm³/mol. The monoisotopic (exact) mass is 748 g/mol. The number of nitrogens with zero attached hydrogens (tertiary/aromatic N) is 5. The van der Waals surface area contributed by atoms with E-state index in [1.54, 1.807) is 42.6 Å². The first-order chi connectivity index (χ1) is 26.7. The number of carbonyl (C=O) groups excluding carboxylic acids is 2. The quantitative estimate of drug-likeness (QED) is 0.146. The van der Waals surface area contributed by atoms with Gasteiger partial charge in [-0.3, -0.25) is 9.88 Å². The summed E-state index contributed by atoms with van der Waals surface area (Å²) < 4.78 is 50.0. The topological polar surface area (TPSA) is 119 Å². The Morgan fingerprint density at radius 3 is 2.78 bits per heavy atom. The van der Waals surface area contributed by atoms with Crippen molar-refractivity contribution < 1.29 is 32.6 Å². The van der Waals surface area contributed by atoms with E-state index in [9.17, 15) is 14.0 Å². The highest BCUT2D eigenvalue weighted by Crippen LogP contribution is 2.42. The standard InChI is InChI=1S/C42H42F2N6O5/c1-41-14-7-16-49(24-41)37-32-22-45-35(34(44)36(32)46-39(47-37)54-25-42-15-8-17-50(42)23-29(43)21-42)31-20-30(55-38(51)27-9-3-2-4-10-27)19-28-12-5-11-26(33(28)31)13-6-18-53-40(52)48-41/h2-5,9-12,19-20,22,29H,6-8,13-18,21,23-25H2,1H3,(H,48,52)/t29-,41-,42+/m1/s1. The summed E-state index contributed by atoms with van der Waals surface area (Å²) in [7, 11) is 0. The molecule has 11 nitrogen and oxygen atoms in total. The van der Waals surface area contributed by atoms with E-state index in [1.165, 1.54) is 0 Å². The number of hydrogen-bond donors (Lipinski definition) is 1. The van der Waals surface area contributed by atoms with Crippen molar-refractivity contribution in [2.24, 2.45) is 0 Å². The van der Waals surface area contributed by atoms with Gasteiger partial charge in [0.1, 0.15) is 35.6 Å². The van der Waals surface area contributed by atoms with Gasteiger partial charge in [0.2, 0.25) is 0 Å². The molecule has 1 amide bonds. The first-order valence-corrected chi connectivity index (χ1v) is 19.1. The highest BCUT2D eigenvalue weighted by atomic mass is 19.1. The van der Waals surface area contributed by atoms with Crippen LogP contribution in [0.15, 0.2) is 66.9 Å².